The molecule has 0 unspecified atom stereocenters. The predicted molar refractivity (Wildman–Crippen MR) is 108 cm³/mol. The zero-order chi connectivity index (χ0) is 18.8. The first-order valence-electron chi connectivity index (χ1n) is 8.53. The van der Waals surface area contributed by atoms with Gasteiger partial charge in [0.05, 0.1) is 6.21 Å². The molecule has 26 heavy (non-hydrogen) atoms. The zero-order valence-electron chi connectivity index (χ0n) is 14.7. The van der Waals surface area contributed by atoms with Crippen molar-refractivity contribution >= 4 is 39.6 Å². The summed E-state index contributed by atoms with van der Waals surface area (Å²) in [6.07, 6.45) is 3.60. The van der Waals surface area contributed by atoms with E-state index in [1.807, 2.05) is 48.5 Å². The first kappa shape index (κ1) is 19.8. The molecule has 0 spiro atoms. The van der Waals surface area contributed by atoms with Gasteiger partial charge in [-0.05, 0) is 48.2 Å². The maximum absolute atomic E-state index is 11.8. The van der Waals surface area contributed by atoms with Gasteiger partial charge in [0, 0.05) is 23.0 Å². The second-order valence-electron chi connectivity index (χ2n) is 5.80. The molecule has 0 aliphatic heterocycles. The van der Waals surface area contributed by atoms with Gasteiger partial charge in [0.1, 0.15) is 0 Å². The van der Waals surface area contributed by atoms with Crippen molar-refractivity contribution in [2.45, 2.75) is 32.6 Å². The summed E-state index contributed by atoms with van der Waals surface area (Å²) < 4.78 is 0.953. The molecule has 2 rings (SSSR count). The molecule has 0 saturated heterocycles. The number of nitrogens with zero attached hydrogens (tertiary/aromatic N) is 1. The number of anilines is 1. The van der Waals surface area contributed by atoms with Crippen molar-refractivity contribution in [1.29, 1.82) is 0 Å². The number of halogens is 1. The molecular weight excluding hydrogens is 394 g/mol. The lowest BCUT2D eigenvalue weighted by atomic mass is 10.1. The monoisotopic (exact) mass is 415 g/mol. The van der Waals surface area contributed by atoms with Crippen LogP contribution in [0.5, 0.6) is 0 Å². The van der Waals surface area contributed by atoms with E-state index >= 15 is 0 Å². The molecule has 136 valence electrons. The van der Waals surface area contributed by atoms with Gasteiger partial charge in [-0.15, -0.1) is 0 Å². The molecule has 0 fully saturated rings. The number of carbonyl (C=O) groups excluding carboxylic acids is 2. The van der Waals surface area contributed by atoms with Crippen LogP contribution in [0.3, 0.4) is 0 Å². The van der Waals surface area contributed by atoms with Crippen LogP contribution in [0.25, 0.3) is 0 Å². The highest BCUT2D eigenvalue weighted by atomic mass is 79.9. The standard InChI is InChI=1S/C20H22BrN3O2/c1-2-15-6-8-16(9-7-15)14-22-24-20(26)5-3-4-19(25)23-18-12-10-17(21)11-13-18/h6-14H,2-5H2,1H3,(H,23,25)(H,24,26)/b22-14-. The smallest absolute Gasteiger partial charge is 0.240 e. The molecule has 0 radical (unpaired) electrons. The normalized spacial score (nSPS) is 10.7. The first-order valence-corrected chi connectivity index (χ1v) is 9.32. The van der Waals surface area contributed by atoms with Crippen LogP contribution in [0.15, 0.2) is 58.1 Å². The highest BCUT2D eigenvalue weighted by Gasteiger charge is 2.05. The molecule has 0 atom stereocenters. The maximum Gasteiger partial charge on any atom is 0.240 e. The third kappa shape index (κ3) is 7.19. The maximum atomic E-state index is 11.8. The number of hydrogen-bond donors (Lipinski definition) is 2. The summed E-state index contributed by atoms with van der Waals surface area (Å²) in [5, 5.41) is 6.74. The Morgan fingerprint density at radius 1 is 1.00 bits per heavy atom. The van der Waals surface area contributed by atoms with Gasteiger partial charge in [0.25, 0.3) is 0 Å². The van der Waals surface area contributed by atoms with E-state index in [0.717, 1.165) is 22.1 Å². The van der Waals surface area contributed by atoms with E-state index in [-0.39, 0.29) is 24.7 Å². The summed E-state index contributed by atoms with van der Waals surface area (Å²) in [5.41, 5.74) is 5.40. The highest BCUT2D eigenvalue weighted by Crippen LogP contribution is 2.14. The molecule has 0 aliphatic carbocycles. The van der Waals surface area contributed by atoms with Gasteiger partial charge in [-0.2, -0.15) is 5.10 Å². The fourth-order valence-corrected chi connectivity index (χ4v) is 2.50. The van der Waals surface area contributed by atoms with Crippen molar-refractivity contribution < 1.29 is 9.59 Å². The van der Waals surface area contributed by atoms with E-state index in [0.29, 0.717) is 6.42 Å². The van der Waals surface area contributed by atoms with Crippen molar-refractivity contribution in [3.05, 3.63) is 64.1 Å². The summed E-state index contributed by atoms with van der Waals surface area (Å²) >= 11 is 3.34. The van der Waals surface area contributed by atoms with Gasteiger partial charge in [-0.25, -0.2) is 5.43 Å². The second-order valence-corrected chi connectivity index (χ2v) is 6.71. The molecule has 5 nitrogen and oxygen atoms in total. The number of rotatable bonds is 8. The Balaban J connectivity index is 1.65. The van der Waals surface area contributed by atoms with E-state index in [2.05, 4.69) is 38.7 Å². The number of hydrazone groups is 1. The van der Waals surface area contributed by atoms with Gasteiger partial charge in [0.15, 0.2) is 0 Å². The van der Waals surface area contributed by atoms with Crippen molar-refractivity contribution in [2.24, 2.45) is 5.10 Å². The molecule has 2 amide bonds. The second kappa shape index (κ2) is 10.5. The Morgan fingerprint density at radius 3 is 2.31 bits per heavy atom. The quantitative estimate of drug-likeness (QED) is 0.499. The molecule has 0 aliphatic rings. The number of carbonyl (C=O) groups is 2. The van der Waals surface area contributed by atoms with Gasteiger partial charge in [-0.3, -0.25) is 9.59 Å². The number of amides is 2. The molecule has 2 aromatic carbocycles. The summed E-state index contributed by atoms with van der Waals surface area (Å²) in [6, 6.07) is 15.3. The third-order valence-corrected chi connectivity index (χ3v) is 4.26. The summed E-state index contributed by atoms with van der Waals surface area (Å²) in [5.74, 6) is -0.317. The summed E-state index contributed by atoms with van der Waals surface area (Å²) in [7, 11) is 0. The molecule has 2 aromatic rings. The van der Waals surface area contributed by atoms with E-state index in [1.54, 1.807) is 6.21 Å². The van der Waals surface area contributed by atoms with Crippen LogP contribution in [0.4, 0.5) is 5.69 Å². The van der Waals surface area contributed by atoms with Gasteiger partial charge >= 0.3 is 0 Å². The molecule has 0 saturated carbocycles. The summed E-state index contributed by atoms with van der Waals surface area (Å²) in [6.45, 7) is 2.10. The van der Waals surface area contributed by atoms with E-state index in [4.69, 9.17) is 0 Å². The Kier molecular flexibility index (Phi) is 8.02. The van der Waals surface area contributed by atoms with E-state index in [9.17, 15) is 9.59 Å². The SMILES string of the molecule is CCc1ccc(/C=N\NC(=O)CCCC(=O)Nc2ccc(Br)cc2)cc1. The average Bonchev–Trinajstić information content (AvgIpc) is 2.64. The minimum absolute atomic E-state index is 0.111. The first-order chi connectivity index (χ1) is 12.6. The van der Waals surface area contributed by atoms with Crippen LogP contribution < -0.4 is 10.7 Å². The van der Waals surface area contributed by atoms with Crippen LogP contribution >= 0.6 is 15.9 Å². The fourth-order valence-electron chi connectivity index (χ4n) is 2.24. The van der Waals surface area contributed by atoms with Crippen molar-refractivity contribution in [3.63, 3.8) is 0 Å². The number of aryl methyl sites for hydroxylation is 1. The molecule has 0 heterocycles. The molecule has 2 N–H and O–H groups in total. The number of hydrogen-bond acceptors (Lipinski definition) is 3. The Labute approximate surface area is 162 Å². The number of benzene rings is 2. The van der Waals surface area contributed by atoms with Gasteiger partial charge < -0.3 is 5.32 Å². The van der Waals surface area contributed by atoms with Crippen LogP contribution in [-0.4, -0.2) is 18.0 Å². The lowest BCUT2D eigenvalue weighted by molar-refractivity contribution is -0.121. The predicted octanol–water partition coefficient (Wildman–Crippen LogP) is 4.27. The topological polar surface area (TPSA) is 70.6 Å². The van der Waals surface area contributed by atoms with Crippen LogP contribution in [0.1, 0.15) is 37.3 Å². The third-order valence-electron chi connectivity index (χ3n) is 3.73. The van der Waals surface area contributed by atoms with E-state index < -0.39 is 0 Å². The Hall–Kier alpha value is -2.47. The van der Waals surface area contributed by atoms with Crippen LogP contribution in [0.2, 0.25) is 0 Å². The fraction of sp³-hybridized carbons (Fsp3) is 0.250. The summed E-state index contributed by atoms with van der Waals surface area (Å²) in [4.78, 5) is 23.6. The number of nitrogens with one attached hydrogen (secondary N) is 2. The average molecular weight is 416 g/mol. The lowest BCUT2D eigenvalue weighted by Crippen LogP contribution is -2.18. The molecular formula is C20H22BrN3O2. The largest absolute Gasteiger partial charge is 0.326 e. The Bertz CT molecular complexity index is 756. The lowest BCUT2D eigenvalue weighted by Gasteiger charge is -2.05. The minimum Gasteiger partial charge on any atom is -0.326 e. The molecule has 0 aromatic heterocycles. The van der Waals surface area contributed by atoms with Gasteiger partial charge in [-0.1, -0.05) is 47.1 Å². The minimum atomic E-state index is -0.206. The van der Waals surface area contributed by atoms with Crippen molar-refractivity contribution in [3.8, 4) is 0 Å². The van der Waals surface area contributed by atoms with Crippen molar-refractivity contribution in [2.75, 3.05) is 5.32 Å². The Morgan fingerprint density at radius 2 is 1.65 bits per heavy atom. The molecule has 0 bridgehead atoms. The van der Waals surface area contributed by atoms with Crippen LogP contribution in [-0.2, 0) is 16.0 Å². The highest BCUT2D eigenvalue weighted by molar-refractivity contribution is 9.10. The van der Waals surface area contributed by atoms with E-state index in [1.165, 1.54) is 5.56 Å². The van der Waals surface area contributed by atoms with Gasteiger partial charge in [0.2, 0.25) is 11.8 Å². The zero-order valence-corrected chi connectivity index (χ0v) is 16.3. The van der Waals surface area contributed by atoms with Crippen LogP contribution in [0, 0.1) is 0 Å². The molecule has 6 heteroatoms. The van der Waals surface area contributed by atoms with Crippen molar-refractivity contribution in [1.82, 2.24) is 5.43 Å².